The Labute approximate surface area is 148 Å². The lowest BCUT2D eigenvalue weighted by molar-refractivity contribution is -0.113. The smallest absolute Gasteiger partial charge is 0.235 e. The van der Waals surface area contributed by atoms with E-state index in [4.69, 9.17) is 0 Å². The lowest BCUT2D eigenvalue weighted by atomic mass is 10.1. The first-order valence-corrected chi connectivity index (χ1v) is 8.82. The Morgan fingerprint density at radius 3 is 2.76 bits per heavy atom. The molecule has 1 atom stereocenters. The highest BCUT2D eigenvalue weighted by Crippen LogP contribution is 2.42. The van der Waals surface area contributed by atoms with Crippen LogP contribution in [0.2, 0.25) is 0 Å². The van der Waals surface area contributed by atoms with Gasteiger partial charge in [0.05, 0.1) is 22.9 Å². The van der Waals surface area contributed by atoms with Crippen molar-refractivity contribution < 1.29 is 9.18 Å². The molecular formula is C17H16FN5OS. The van der Waals surface area contributed by atoms with Crippen LogP contribution >= 0.6 is 11.8 Å². The van der Waals surface area contributed by atoms with Gasteiger partial charge in [0.1, 0.15) is 12.1 Å². The molecule has 2 aromatic heterocycles. The Morgan fingerprint density at radius 1 is 1.32 bits per heavy atom. The quantitative estimate of drug-likeness (QED) is 0.766. The summed E-state index contributed by atoms with van der Waals surface area (Å²) >= 11 is 1.53. The summed E-state index contributed by atoms with van der Waals surface area (Å²) in [6.07, 6.45) is 3.48. The maximum absolute atomic E-state index is 13.3. The summed E-state index contributed by atoms with van der Waals surface area (Å²) in [6.45, 7) is 2.00. The Hall–Kier alpha value is -2.61. The fourth-order valence-electron chi connectivity index (χ4n) is 2.93. The van der Waals surface area contributed by atoms with Gasteiger partial charge < -0.3 is 5.32 Å². The third kappa shape index (κ3) is 2.72. The number of amides is 1. The Bertz CT molecular complexity index is 947. The van der Waals surface area contributed by atoms with Gasteiger partial charge in [-0.3, -0.25) is 14.0 Å². The van der Waals surface area contributed by atoms with E-state index in [9.17, 15) is 9.18 Å². The highest BCUT2D eigenvalue weighted by molar-refractivity contribution is 8.00. The van der Waals surface area contributed by atoms with Crippen LogP contribution in [0, 0.1) is 12.7 Å². The van der Waals surface area contributed by atoms with Crippen LogP contribution in [0.25, 0.3) is 5.69 Å². The number of hydrogen-bond acceptors (Lipinski definition) is 4. The van der Waals surface area contributed by atoms with Gasteiger partial charge >= 0.3 is 0 Å². The summed E-state index contributed by atoms with van der Waals surface area (Å²) in [6, 6.07) is 6.21. The molecule has 25 heavy (non-hydrogen) atoms. The van der Waals surface area contributed by atoms with Crippen molar-refractivity contribution in [1.29, 1.82) is 0 Å². The zero-order valence-electron chi connectivity index (χ0n) is 13.7. The monoisotopic (exact) mass is 357 g/mol. The van der Waals surface area contributed by atoms with Crippen LogP contribution in [-0.2, 0) is 11.8 Å². The predicted molar refractivity (Wildman–Crippen MR) is 94.4 cm³/mol. The SMILES string of the molecule is Cc1c([C@H]2SCC(=O)Nc3ncn(-c4ccc(F)cc4)c32)cnn1C. The molecule has 8 heteroatoms. The number of halogens is 1. The first kappa shape index (κ1) is 15.9. The number of aryl methyl sites for hydroxylation is 1. The summed E-state index contributed by atoms with van der Waals surface area (Å²) in [4.78, 5) is 16.4. The van der Waals surface area contributed by atoms with Crippen LogP contribution in [0.3, 0.4) is 0 Å². The van der Waals surface area contributed by atoms with E-state index in [1.54, 1.807) is 18.5 Å². The topological polar surface area (TPSA) is 64.7 Å². The largest absolute Gasteiger partial charge is 0.308 e. The number of aromatic nitrogens is 4. The number of carbonyl (C=O) groups excluding carboxylic acids is 1. The van der Waals surface area contributed by atoms with Gasteiger partial charge in [-0.2, -0.15) is 5.10 Å². The first-order valence-electron chi connectivity index (χ1n) is 7.77. The van der Waals surface area contributed by atoms with E-state index in [-0.39, 0.29) is 17.0 Å². The molecule has 1 aliphatic heterocycles. The number of hydrogen-bond donors (Lipinski definition) is 1. The van der Waals surface area contributed by atoms with Gasteiger partial charge in [0.25, 0.3) is 0 Å². The molecule has 1 aromatic carbocycles. The van der Waals surface area contributed by atoms with Crippen molar-refractivity contribution in [3.8, 4) is 5.69 Å². The minimum absolute atomic E-state index is 0.0837. The molecule has 0 saturated carbocycles. The van der Waals surface area contributed by atoms with E-state index < -0.39 is 0 Å². The van der Waals surface area contributed by atoms with Gasteiger partial charge in [-0.15, -0.1) is 11.8 Å². The maximum Gasteiger partial charge on any atom is 0.235 e. The Morgan fingerprint density at radius 2 is 2.08 bits per heavy atom. The predicted octanol–water partition coefficient (Wildman–Crippen LogP) is 2.83. The summed E-state index contributed by atoms with van der Waals surface area (Å²) in [5, 5.41) is 7.09. The molecule has 0 radical (unpaired) electrons. The highest BCUT2D eigenvalue weighted by atomic mass is 32.2. The molecule has 0 bridgehead atoms. The van der Waals surface area contributed by atoms with E-state index >= 15 is 0 Å². The fraction of sp³-hybridized carbons (Fsp3) is 0.235. The summed E-state index contributed by atoms with van der Waals surface area (Å²) in [7, 11) is 1.89. The summed E-state index contributed by atoms with van der Waals surface area (Å²) in [5.74, 6) is 0.489. The highest BCUT2D eigenvalue weighted by Gasteiger charge is 2.31. The van der Waals surface area contributed by atoms with E-state index in [2.05, 4.69) is 15.4 Å². The molecule has 6 nitrogen and oxygen atoms in total. The molecule has 0 unspecified atom stereocenters. The molecule has 0 spiro atoms. The molecular weight excluding hydrogens is 341 g/mol. The van der Waals surface area contributed by atoms with Crippen LogP contribution in [-0.4, -0.2) is 31.0 Å². The van der Waals surface area contributed by atoms with E-state index in [1.165, 1.54) is 23.9 Å². The van der Waals surface area contributed by atoms with Crippen LogP contribution in [0.1, 0.15) is 22.2 Å². The molecule has 3 heterocycles. The van der Waals surface area contributed by atoms with Crippen LogP contribution in [0.4, 0.5) is 10.2 Å². The molecule has 1 amide bonds. The Balaban J connectivity index is 1.89. The molecule has 1 N–H and O–H groups in total. The Kier molecular flexibility index (Phi) is 3.84. The molecule has 4 rings (SSSR count). The van der Waals surface area contributed by atoms with E-state index in [1.807, 2.05) is 29.4 Å². The van der Waals surface area contributed by atoms with Gasteiger partial charge in [0, 0.05) is 24.0 Å². The normalized spacial score (nSPS) is 17.1. The number of rotatable bonds is 2. The number of benzene rings is 1. The molecule has 1 aliphatic rings. The van der Waals surface area contributed by atoms with E-state index in [0.717, 1.165) is 22.6 Å². The third-order valence-electron chi connectivity index (χ3n) is 4.35. The summed E-state index contributed by atoms with van der Waals surface area (Å²) in [5.41, 5.74) is 3.72. The lowest BCUT2D eigenvalue weighted by Crippen LogP contribution is -2.12. The van der Waals surface area contributed by atoms with Crippen molar-refractivity contribution >= 4 is 23.5 Å². The molecule has 128 valence electrons. The number of thioether (sulfide) groups is 1. The third-order valence-corrected chi connectivity index (χ3v) is 5.59. The summed E-state index contributed by atoms with van der Waals surface area (Å²) < 4.78 is 17.0. The van der Waals surface area contributed by atoms with Gasteiger partial charge in [0.15, 0.2) is 5.82 Å². The zero-order chi connectivity index (χ0) is 17.6. The number of nitrogens with one attached hydrogen (secondary N) is 1. The van der Waals surface area contributed by atoms with Gasteiger partial charge in [-0.05, 0) is 31.2 Å². The van der Waals surface area contributed by atoms with Crippen molar-refractivity contribution in [2.45, 2.75) is 12.2 Å². The minimum Gasteiger partial charge on any atom is -0.308 e. The number of anilines is 1. The van der Waals surface area contributed by atoms with Gasteiger partial charge in [0.2, 0.25) is 5.91 Å². The second-order valence-corrected chi connectivity index (χ2v) is 6.97. The number of imidazole rings is 1. The standard InChI is InChI=1S/C17H16FN5OS/c1-10-13(7-20-22(10)2)16-15-17(21-14(24)8-25-16)19-9-23(15)12-5-3-11(18)4-6-12/h3-7,9,16H,8H2,1-2H3,(H,21,24)/t16-/m1/s1. The van der Waals surface area contributed by atoms with Gasteiger partial charge in [-0.1, -0.05) is 0 Å². The average molecular weight is 357 g/mol. The molecule has 3 aromatic rings. The molecule has 0 aliphatic carbocycles. The van der Waals surface area contributed by atoms with Gasteiger partial charge in [-0.25, -0.2) is 9.37 Å². The fourth-order valence-corrected chi connectivity index (χ4v) is 4.11. The van der Waals surface area contributed by atoms with Crippen LogP contribution < -0.4 is 5.32 Å². The number of fused-ring (bicyclic) bond motifs is 1. The van der Waals surface area contributed by atoms with E-state index in [0.29, 0.717) is 11.6 Å². The second-order valence-electron chi connectivity index (χ2n) is 5.87. The second kappa shape index (κ2) is 6.03. The van der Waals surface area contributed by atoms with Crippen molar-refractivity contribution in [3.63, 3.8) is 0 Å². The first-order chi connectivity index (χ1) is 12.0. The zero-order valence-corrected chi connectivity index (χ0v) is 14.5. The van der Waals surface area contributed by atoms with Crippen molar-refractivity contribution in [2.75, 3.05) is 11.1 Å². The van der Waals surface area contributed by atoms with Crippen LogP contribution in [0.5, 0.6) is 0 Å². The molecule has 0 saturated heterocycles. The van der Waals surface area contributed by atoms with Crippen molar-refractivity contribution in [2.24, 2.45) is 7.05 Å². The average Bonchev–Trinajstić information content (AvgIpc) is 3.10. The lowest BCUT2D eigenvalue weighted by Gasteiger charge is -2.17. The maximum atomic E-state index is 13.3. The van der Waals surface area contributed by atoms with Crippen molar-refractivity contribution in [3.05, 3.63) is 59.6 Å². The van der Waals surface area contributed by atoms with Crippen LogP contribution in [0.15, 0.2) is 36.8 Å². The number of nitrogens with zero attached hydrogens (tertiary/aromatic N) is 4. The van der Waals surface area contributed by atoms with Crippen molar-refractivity contribution in [1.82, 2.24) is 19.3 Å². The molecule has 0 fully saturated rings. The minimum atomic E-state index is -0.294. The number of carbonyl (C=O) groups is 1.